The molecule has 2 amide bonds. The van der Waals surface area contributed by atoms with Crippen molar-refractivity contribution in [1.29, 1.82) is 0 Å². The molecule has 0 aliphatic rings. The summed E-state index contributed by atoms with van der Waals surface area (Å²) in [6, 6.07) is 1.55. The van der Waals surface area contributed by atoms with Crippen molar-refractivity contribution in [2.45, 2.75) is 13.3 Å². The zero-order valence-corrected chi connectivity index (χ0v) is 11.4. The largest absolute Gasteiger partial charge is 0.396 e. The molecule has 0 saturated carbocycles. The number of amides is 2. The Kier molecular flexibility index (Phi) is 5.42. The van der Waals surface area contributed by atoms with E-state index in [-0.39, 0.29) is 12.5 Å². The molecule has 0 bridgehead atoms. The quantitative estimate of drug-likeness (QED) is 0.797. The highest BCUT2D eigenvalue weighted by atomic mass is 19.1. The number of nitrogen functional groups attached to an aromatic ring is 1. The second kappa shape index (κ2) is 6.83. The fourth-order valence-corrected chi connectivity index (χ4v) is 1.58. The lowest BCUT2D eigenvalue weighted by Gasteiger charge is -2.17. The highest BCUT2D eigenvalue weighted by Gasteiger charge is 2.20. The number of hydrogen-bond donors (Lipinski definition) is 2. The number of rotatable bonds is 5. The van der Waals surface area contributed by atoms with E-state index in [1.54, 1.807) is 0 Å². The summed E-state index contributed by atoms with van der Waals surface area (Å²) >= 11 is 0. The molecule has 0 aromatic heterocycles. The SMILES string of the molecule is CCCNC(=O)CN(C)C(=O)c1cc(F)cc(N)c1F. The van der Waals surface area contributed by atoms with Gasteiger partial charge in [0.05, 0.1) is 17.8 Å². The molecule has 0 radical (unpaired) electrons. The van der Waals surface area contributed by atoms with Gasteiger partial charge in [-0.1, -0.05) is 6.92 Å². The van der Waals surface area contributed by atoms with Crippen LogP contribution in [0.1, 0.15) is 23.7 Å². The van der Waals surface area contributed by atoms with Crippen LogP contribution in [0.3, 0.4) is 0 Å². The Morgan fingerprint density at radius 2 is 2.00 bits per heavy atom. The van der Waals surface area contributed by atoms with Gasteiger partial charge in [0.15, 0.2) is 5.82 Å². The van der Waals surface area contributed by atoms with Crippen molar-refractivity contribution in [2.75, 3.05) is 25.9 Å². The van der Waals surface area contributed by atoms with E-state index in [2.05, 4.69) is 5.32 Å². The second-order valence-electron chi connectivity index (χ2n) is 4.37. The van der Waals surface area contributed by atoms with E-state index in [9.17, 15) is 18.4 Å². The molecular formula is C13H17F2N3O2. The third kappa shape index (κ3) is 3.91. The predicted molar refractivity (Wildman–Crippen MR) is 71.0 cm³/mol. The molecule has 1 aromatic rings. The summed E-state index contributed by atoms with van der Waals surface area (Å²) in [6.45, 7) is 2.14. The molecule has 1 aromatic carbocycles. The first kappa shape index (κ1) is 15.9. The Hall–Kier alpha value is -2.18. The maximum absolute atomic E-state index is 13.7. The van der Waals surface area contributed by atoms with Crippen molar-refractivity contribution in [3.63, 3.8) is 0 Å². The molecule has 7 heteroatoms. The fraction of sp³-hybridized carbons (Fsp3) is 0.385. The standard InChI is InChI=1S/C13H17F2N3O2/c1-3-4-17-11(19)7-18(2)13(20)9-5-8(14)6-10(16)12(9)15/h5-6H,3-4,7,16H2,1-2H3,(H,17,19). The second-order valence-corrected chi connectivity index (χ2v) is 4.37. The fourth-order valence-electron chi connectivity index (χ4n) is 1.58. The van der Waals surface area contributed by atoms with Gasteiger partial charge in [-0.25, -0.2) is 8.78 Å². The summed E-state index contributed by atoms with van der Waals surface area (Å²) in [7, 11) is 1.33. The van der Waals surface area contributed by atoms with Gasteiger partial charge in [-0.05, 0) is 18.6 Å². The first-order valence-corrected chi connectivity index (χ1v) is 6.13. The number of carbonyl (C=O) groups is 2. The summed E-state index contributed by atoms with van der Waals surface area (Å²) in [5.41, 5.74) is 4.32. The number of likely N-dealkylation sites (N-methyl/N-ethyl adjacent to an activating group) is 1. The van der Waals surface area contributed by atoms with Crippen LogP contribution in [-0.4, -0.2) is 36.9 Å². The number of nitrogens with one attached hydrogen (secondary N) is 1. The molecular weight excluding hydrogens is 268 g/mol. The Bertz CT molecular complexity index is 521. The van der Waals surface area contributed by atoms with Crippen LogP contribution in [0.15, 0.2) is 12.1 Å². The van der Waals surface area contributed by atoms with E-state index < -0.39 is 28.8 Å². The minimum absolute atomic E-state index is 0.241. The van der Waals surface area contributed by atoms with E-state index in [1.165, 1.54) is 7.05 Å². The van der Waals surface area contributed by atoms with Gasteiger partial charge in [0.2, 0.25) is 5.91 Å². The molecule has 5 nitrogen and oxygen atoms in total. The van der Waals surface area contributed by atoms with Gasteiger partial charge in [0, 0.05) is 13.6 Å². The van der Waals surface area contributed by atoms with Gasteiger partial charge in [-0.15, -0.1) is 0 Å². The van der Waals surface area contributed by atoms with E-state index >= 15 is 0 Å². The lowest BCUT2D eigenvalue weighted by Crippen LogP contribution is -2.39. The Morgan fingerprint density at radius 1 is 1.35 bits per heavy atom. The molecule has 3 N–H and O–H groups in total. The molecule has 0 aliphatic heterocycles. The van der Waals surface area contributed by atoms with Crippen LogP contribution in [0.2, 0.25) is 0 Å². The van der Waals surface area contributed by atoms with Gasteiger partial charge in [0.25, 0.3) is 5.91 Å². The molecule has 1 rings (SSSR count). The summed E-state index contributed by atoms with van der Waals surface area (Å²) < 4.78 is 26.9. The highest BCUT2D eigenvalue weighted by molar-refractivity contribution is 5.97. The minimum atomic E-state index is -0.989. The van der Waals surface area contributed by atoms with Gasteiger partial charge in [-0.3, -0.25) is 9.59 Å². The average Bonchev–Trinajstić information content (AvgIpc) is 2.39. The normalized spacial score (nSPS) is 10.2. The monoisotopic (exact) mass is 285 g/mol. The van der Waals surface area contributed by atoms with Crippen LogP contribution in [0, 0.1) is 11.6 Å². The molecule has 20 heavy (non-hydrogen) atoms. The van der Waals surface area contributed by atoms with Crippen LogP contribution in [-0.2, 0) is 4.79 Å². The van der Waals surface area contributed by atoms with Crippen molar-refractivity contribution in [3.8, 4) is 0 Å². The first-order valence-electron chi connectivity index (χ1n) is 6.13. The van der Waals surface area contributed by atoms with Crippen molar-refractivity contribution in [2.24, 2.45) is 0 Å². The van der Waals surface area contributed by atoms with E-state index in [0.717, 1.165) is 23.5 Å². The van der Waals surface area contributed by atoms with E-state index in [0.29, 0.717) is 6.54 Å². The maximum Gasteiger partial charge on any atom is 0.257 e. The molecule has 0 heterocycles. The average molecular weight is 285 g/mol. The molecule has 0 unspecified atom stereocenters. The highest BCUT2D eigenvalue weighted by Crippen LogP contribution is 2.18. The summed E-state index contributed by atoms with van der Waals surface area (Å²) in [4.78, 5) is 24.4. The smallest absolute Gasteiger partial charge is 0.257 e. The number of carbonyl (C=O) groups excluding carboxylic acids is 2. The molecule has 0 aliphatic carbocycles. The van der Waals surface area contributed by atoms with Gasteiger partial charge in [-0.2, -0.15) is 0 Å². The van der Waals surface area contributed by atoms with Gasteiger partial charge >= 0.3 is 0 Å². The minimum Gasteiger partial charge on any atom is -0.396 e. The number of hydrogen-bond acceptors (Lipinski definition) is 3. The Balaban J connectivity index is 2.82. The van der Waals surface area contributed by atoms with Crippen LogP contribution in [0.5, 0.6) is 0 Å². The van der Waals surface area contributed by atoms with Crippen LogP contribution >= 0.6 is 0 Å². The van der Waals surface area contributed by atoms with Crippen molar-refractivity contribution >= 4 is 17.5 Å². The van der Waals surface area contributed by atoms with Gasteiger partial charge < -0.3 is 16.0 Å². The van der Waals surface area contributed by atoms with Crippen molar-refractivity contribution < 1.29 is 18.4 Å². The molecule has 110 valence electrons. The summed E-state index contributed by atoms with van der Waals surface area (Å²) in [5.74, 6) is -2.97. The van der Waals surface area contributed by atoms with Crippen LogP contribution in [0.25, 0.3) is 0 Å². The zero-order chi connectivity index (χ0) is 15.3. The van der Waals surface area contributed by atoms with Crippen LogP contribution in [0.4, 0.5) is 14.5 Å². The van der Waals surface area contributed by atoms with E-state index in [4.69, 9.17) is 5.73 Å². The Morgan fingerprint density at radius 3 is 2.60 bits per heavy atom. The number of anilines is 1. The maximum atomic E-state index is 13.7. The van der Waals surface area contributed by atoms with Crippen LogP contribution < -0.4 is 11.1 Å². The predicted octanol–water partition coefficient (Wildman–Crippen LogP) is 1.15. The number of nitrogens with zero attached hydrogens (tertiary/aromatic N) is 1. The third-order valence-electron chi connectivity index (χ3n) is 2.60. The lowest BCUT2D eigenvalue weighted by molar-refractivity contribution is -0.121. The summed E-state index contributed by atoms with van der Waals surface area (Å²) in [6.07, 6.45) is 0.762. The van der Waals surface area contributed by atoms with E-state index in [1.807, 2.05) is 6.92 Å². The molecule has 0 spiro atoms. The summed E-state index contributed by atoms with van der Waals surface area (Å²) in [5, 5.41) is 2.58. The third-order valence-corrected chi connectivity index (χ3v) is 2.60. The molecule has 0 fully saturated rings. The molecule has 0 saturated heterocycles. The van der Waals surface area contributed by atoms with Gasteiger partial charge in [0.1, 0.15) is 5.82 Å². The number of benzene rings is 1. The topological polar surface area (TPSA) is 75.4 Å². The lowest BCUT2D eigenvalue weighted by atomic mass is 10.1. The van der Waals surface area contributed by atoms with Crippen molar-refractivity contribution in [1.82, 2.24) is 10.2 Å². The van der Waals surface area contributed by atoms with Crippen molar-refractivity contribution in [3.05, 3.63) is 29.3 Å². The molecule has 0 atom stereocenters. The Labute approximate surface area is 115 Å². The number of halogens is 2. The zero-order valence-electron chi connectivity index (χ0n) is 11.4. The number of nitrogens with two attached hydrogens (primary N) is 1. The first-order chi connectivity index (χ1) is 9.36.